The first-order valence-electron chi connectivity index (χ1n) is 7.84. The van der Waals surface area contributed by atoms with Crippen LogP contribution in [-0.2, 0) is 11.2 Å². The summed E-state index contributed by atoms with van der Waals surface area (Å²) in [5.74, 6) is 0.986. The van der Waals surface area contributed by atoms with Crippen LogP contribution in [-0.4, -0.2) is 31.9 Å². The van der Waals surface area contributed by atoms with Crippen LogP contribution in [0.4, 0.5) is 0 Å². The predicted molar refractivity (Wildman–Crippen MR) is 82.4 cm³/mol. The summed E-state index contributed by atoms with van der Waals surface area (Å²) in [4.78, 5) is 0. The van der Waals surface area contributed by atoms with Gasteiger partial charge in [-0.3, -0.25) is 0 Å². The molecule has 3 nitrogen and oxygen atoms in total. The van der Waals surface area contributed by atoms with Gasteiger partial charge in [0.1, 0.15) is 11.9 Å². The maximum atomic E-state index is 5.98. The minimum absolute atomic E-state index is 0.323. The zero-order valence-corrected chi connectivity index (χ0v) is 12.7. The van der Waals surface area contributed by atoms with E-state index in [9.17, 15) is 0 Å². The highest BCUT2D eigenvalue weighted by Gasteiger charge is 2.15. The maximum absolute atomic E-state index is 5.98. The van der Waals surface area contributed by atoms with Crippen LogP contribution in [0.2, 0.25) is 0 Å². The molecule has 1 fully saturated rings. The highest BCUT2D eigenvalue weighted by molar-refractivity contribution is 5.27. The van der Waals surface area contributed by atoms with E-state index in [1.807, 2.05) is 0 Å². The van der Waals surface area contributed by atoms with Crippen molar-refractivity contribution in [1.29, 1.82) is 0 Å². The fourth-order valence-electron chi connectivity index (χ4n) is 2.55. The summed E-state index contributed by atoms with van der Waals surface area (Å²) >= 11 is 0. The fourth-order valence-corrected chi connectivity index (χ4v) is 2.55. The van der Waals surface area contributed by atoms with Crippen molar-refractivity contribution in [1.82, 2.24) is 5.32 Å². The van der Waals surface area contributed by atoms with Crippen LogP contribution in [0.5, 0.6) is 5.75 Å². The normalized spacial score (nSPS) is 17.9. The van der Waals surface area contributed by atoms with Crippen molar-refractivity contribution >= 4 is 0 Å². The smallest absolute Gasteiger partial charge is 0.119 e. The molecule has 1 aromatic rings. The van der Waals surface area contributed by atoms with Gasteiger partial charge in [-0.2, -0.15) is 0 Å². The number of hydrogen-bond acceptors (Lipinski definition) is 3. The van der Waals surface area contributed by atoms with Crippen molar-refractivity contribution in [2.45, 2.75) is 51.7 Å². The quantitative estimate of drug-likeness (QED) is 0.830. The van der Waals surface area contributed by atoms with Crippen molar-refractivity contribution in [2.75, 3.05) is 19.8 Å². The molecule has 20 heavy (non-hydrogen) atoms. The van der Waals surface area contributed by atoms with E-state index in [-0.39, 0.29) is 0 Å². The first kappa shape index (κ1) is 15.3. The molecule has 1 saturated heterocycles. The molecule has 0 spiro atoms. The van der Waals surface area contributed by atoms with Gasteiger partial charge in [0.25, 0.3) is 0 Å². The zero-order valence-electron chi connectivity index (χ0n) is 12.7. The van der Waals surface area contributed by atoms with Crippen molar-refractivity contribution in [3.8, 4) is 5.75 Å². The molecule has 0 saturated carbocycles. The Bertz CT molecular complexity index is 371. The largest absolute Gasteiger partial charge is 0.490 e. The Morgan fingerprint density at radius 1 is 1.25 bits per heavy atom. The van der Waals surface area contributed by atoms with Gasteiger partial charge in [0.2, 0.25) is 0 Å². The van der Waals surface area contributed by atoms with Gasteiger partial charge >= 0.3 is 0 Å². The van der Waals surface area contributed by atoms with E-state index in [0.717, 1.165) is 44.8 Å². The van der Waals surface area contributed by atoms with Crippen molar-refractivity contribution in [2.24, 2.45) is 0 Å². The van der Waals surface area contributed by atoms with Gasteiger partial charge in [0, 0.05) is 18.9 Å². The summed E-state index contributed by atoms with van der Waals surface area (Å²) in [6.07, 6.45) is 4.62. The van der Waals surface area contributed by atoms with E-state index in [4.69, 9.17) is 9.47 Å². The van der Waals surface area contributed by atoms with Gasteiger partial charge < -0.3 is 14.8 Å². The van der Waals surface area contributed by atoms with E-state index < -0.39 is 0 Å². The number of benzene rings is 1. The SMILES string of the molecule is CCNC(C)CCc1ccc(OC2CCOCC2)cc1. The third-order valence-corrected chi connectivity index (χ3v) is 3.81. The number of ether oxygens (including phenoxy) is 2. The standard InChI is InChI=1S/C17H27NO2/c1-3-18-14(2)4-5-15-6-8-16(9-7-15)20-17-10-12-19-13-11-17/h6-9,14,17-18H,3-5,10-13H2,1-2H3. The van der Waals surface area contributed by atoms with Crippen LogP contribution in [0.1, 0.15) is 38.7 Å². The Morgan fingerprint density at radius 3 is 2.60 bits per heavy atom. The van der Waals surface area contributed by atoms with Crippen LogP contribution >= 0.6 is 0 Å². The van der Waals surface area contributed by atoms with Crippen molar-refractivity contribution in [3.63, 3.8) is 0 Å². The van der Waals surface area contributed by atoms with E-state index in [1.54, 1.807) is 0 Å². The summed E-state index contributed by atoms with van der Waals surface area (Å²) in [5, 5.41) is 3.44. The molecule has 0 aliphatic carbocycles. The minimum atomic E-state index is 0.323. The molecule has 1 heterocycles. The molecule has 0 aromatic heterocycles. The second-order valence-corrected chi connectivity index (χ2v) is 5.57. The Labute approximate surface area is 122 Å². The lowest BCUT2D eigenvalue weighted by molar-refractivity contribution is 0.0255. The van der Waals surface area contributed by atoms with E-state index in [1.165, 1.54) is 12.0 Å². The Hall–Kier alpha value is -1.06. The second kappa shape index (κ2) is 8.28. The number of aryl methyl sites for hydroxylation is 1. The van der Waals surface area contributed by atoms with Crippen LogP contribution < -0.4 is 10.1 Å². The number of hydrogen-bond donors (Lipinski definition) is 1. The first-order valence-corrected chi connectivity index (χ1v) is 7.84. The number of rotatable bonds is 7. The lowest BCUT2D eigenvalue weighted by Gasteiger charge is -2.23. The van der Waals surface area contributed by atoms with Crippen LogP contribution in [0.25, 0.3) is 0 Å². The second-order valence-electron chi connectivity index (χ2n) is 5.57. The predicted octanol–water partition coefficient (Wildman–Crippen LogP) is 3.18. The summed E-state index contributed by atoms with van der Waals surface area (Å²) in [6, 6.07) is 9.16. The van der Waals surface area contributed by atoms with E-state index in [0.29, 0.717) is 12.1 Å². The molecule has 0 amide bonds. The summed E-state index contributed by atoms with van der Waals surface area (Å²) in [7, 11) is 0. The highest BCUT2D eigenvalue weighted by atomic mass is 16.5. The molecule has 1 unspecified atom stereocenters. The lowest BCUT2D eigenvalue weighted by Crippen LogP contribution is -2.26. The van der Waals surface area contributed by atoms with Crippen molar-refractivity contribution < 1.29 is 9.47 Å². The van der Waals surface area contributed by atoms with Gasteiger partial charge in [-0.05, 0) is 44.0 Å². The number of nitrogens with one attached hydrogen (secondary N) is 1. The maximum Gasteiger partial charge on any atom is 0.119 e. The summed E-state index contributed by atoms with van der Waals surface area (Å²) in [6.45, 7) is 7.08. The molecule has 1 aromatic carbocycles. The van der Waals surface area contributed by atoms with Gasteiger partial charge in [-0.25, -0.2) is 0 Å². The van der Waals surface area contributed by atoms with Crippen LogP contribution in [0.15, 0.2) is 24.3 Å². The molecule has 2 rings (SSSR count). The Kier molecular flexibility index (Phi) is 6.34. The van der Waals surface area contributed by atoms with Gasteiger partial charge in [-0.1, -0.05) is 19.1 Å². The zero-order chi connectivity index (χ0) is 14.2. The molecule has 1 aliphatic rings. The van der Waals surface area contributed by atoms with Gasteiger partial charge in [0.15, 0.2) is 0 Å². The minimum Gasteiger partial charge on any atom is -0.490 e. The lowest BCUT2D eigenvalue weighted by atomic mass is 10.1. The molecule has 112 valence electrons. The van der Waals surface area contributed by atoms with Crippen molar-refractivity contribution in [3.05, 3.63) is 29.8 Å². The third-order valence-electron chi connectivity index (χ3n) is 3.81. The topological polar surface area (TPSA) is 30.5 Å². The molecular weight excluding hydrogens is 250 g/mol. The third kappa shape index (κ3) is 5.14. The molecule has 1 aliphatic heterocycles. The molecular formula is C17H27NO2. The summed E-state index contributed by atoms with van der Waals surface area (Å²) < 4.78 is 11.3. The molecule has 0 radical (unpaired) electrons. The van der Waals surface area contributed by atoms with Crippen LogP contribution in [0.3, 0.4) is 0 Å². The van der Waals surface area contributed by atoms with Gasteiger partial charge in [0.05, 0.1) is 13.2 Å². The highest BCUT2D eigenvalue weighted by Crippen LogP contribution is 2.19. The Balaban J connectivity index is 1.77. The molecule has 1 atom stereocenters. The monoisotopic (exact) mass is 277 g/mol. The van der Waals surface area contributed by atoms with Gasteiger partial charge in [-0.15, -0.1) is 0 Å². The van der Waals surface area contributed by atoms with E-state index in [2.05, 4.69) is 43.4 Å². The first-order chi connectivity index (χ1) is 9.78. The average Bonchev–Trinajstić information content (AvgIpc) is 2.48. The fraction of sp³-hybridized carbons (Fsp3) is 0.647. The van der Waals surface area contributed by atoms with Crippen LogP contribution in [0, 0.1) is 0 Å². The molecule has 1 N–H and O–H groups in total. The Morgan fingerprint density at radius 2 is 1.95 bits per heavy atom. The molecule has 3 heteroatoms. The van der Waals surface area contributed by atoms with E-state index >= 15 is 0 Å². The average molecular weight is 277 g/mol. The molecule has 0 bridgehead atoms. The summed E-state index contributed by atoms with van der Waals surface area (Å²) in [5.41, 5.74) is 1.38.